The van der Waals surface area contributed by atoms with Crippen LogP contribution >= 0.6 is 0 Å². The smallest absolute Gasteiger partial charge is 0.241 e. The largest absolute Gasteiger partial charge is 0.324 e. The van der Waals surface area contributed by atoms with Gasteiger partial charge in [0.05, 0.1) is 6.04 Å². The van der Waals surface area contributed by atoms with Crippen LogP contribution in [0.15, 0.2) is 24.3 Å². The van der Waals surface area contributed by atoms with E-state index in [1.807, 2.05) is 25.1 Å². The van der Waals surface area contributed by atoms with Gasteiger partial charge in [0, 0.05) is 12.2 Å². The van der Waals surface area contributed by atoms with Gasteiger partial charge >= 0.3 is 0 Å². The van der Waals surface area contributed by atoms with Gasteiger partial charge < -0.3 is 11.1 Å². The Morgan fingerprint density at radius 2 is 2.05 bits per heavy atom. The van der Waals surface area contributed by atoms with Gasteiger partial charge in [-0.05, 0) is 44.0 Å². The molecule has 1 heterocycles. The zero-order chi connectivity index (χ0) is 14.4. The molecular weight excluding hydrogens is 250 g/mol. The first-order valence-corrected chi connectivity index (χ1v) is 7.57. The highest BCUT2D eigenvalue weighted by Gasteiger charge is 2.16. The number of nitrogens with one attached hydrogen (secondary N) is 1. The first kappa shape index (κ1) is 15.0. The summed E-state index contributed by atoms with van der Waals surface area (Å²) >= 11 is 0. The van der Waals surface area contributed by atoms with Crippen LogP contribution in [0.25, 0.3) is 0 Å². The molecule has 0 aromatic heterocycles. The molecule has 1 aromatic carbocycles. The standard InChI is InChI=1S/C16H25N3O/c1-2-7-14(17)16(20)18-15-9-4-3-8-13(15)12-19-10-5-6-11-19/h3-4,8-9,14H,2,5-7,10-12,17H2,1H3,(H,18,20)/t14-/m1/s1. The van der Waals surface area contributed by atoms with Crippen LogP contribution in [0, 0.1) is 0 Å². The van der Waals surface area contributed by atoms with Crippen LogP contribution in [-0.4, -0.2) is 29.9 Å². The van der Waals surface area contributed by atoms with Gasteiger partial charge in [-0.25, -0.2) is 0 Å². The van der Waals surface area contributed by atoms with Crippen molar-refractivity contribution >= 4 is 11.6 Å². The lowest BCUT2D eigenvalue weighted by Crippen LogP contribution is -2.35. The van der Waals surface area contributed by atoms with Crippen LogP contribution in [0.2, 0.25) is 0 Å². The molecule has 0 spiro atoms. The van der Waals surface area contributed by atoms with Crippen molar-refractivity contribution < 1.29 is 4.79 Å². The van der Waals surface area contributed by atoms with Crippen molar-refractivity contribution in [1.82, 2.24) is 4.90 Å². The number of para-hydroxylation sites is 1. The van der Waals surface area contributed by atoms with Crippen molar-refractivity contribution in [3.63, 3.8) is 0 Å². The van der Waals surface area contributed by atoms with Crippen molar-refractivity contribution in [2.45, 2.75) is 45.2 Å². The highest BCUT2D eigenvalue weighted by Crippen LogP contribution is 2.20. The minimum atomic E-state index is -0.417. The van der Waals surface area contributed by atoms with Crippen LogP contribution in [0.5, 0.6) is 0 Å². The van der Waals surface area contributed by atoms with Gasteiger partial charge in [0.1, 0.15) is 0 Å². The predicted octanol–water partition coefficient (Wildman–Crippen LogP) is 2.35. The van der Waals surface area contributed by atoms with Gasteiger partial charge in [0.2, 0.25) is 5.91 Å². The molecule has 2 rings (SSSR count). The third-order valence-corrected chi connectivity index (χ3v) is 3.80. The molecule has 1 aromatic rings. The Bertz CT molecular complexity index is 441. The van der Waals surface area contributed by atoms with E-state index in [2.05, 4.69) is 16.3 Å². The van der Waals surface area contributed by atoms with E-state index in [9.17, 15) is 4.79 Å². The molecule has 1 aliphatic rings. The van der Waals surface area contributed by atoms with Crippen LogP contribution in [0.1, 0.15) is 38.2 Å². The molecular formula is C16H25N3O. The number of carbonyl (C=O) groups is 1. The Morgan fingerprint density at radius 1 is 1.35 bits per heavy atom. The topological polar surface area (TPSA) is 58.4 Å². The molecule has 0 unspecified atom stereocenters. The zero-order valence-corrected chi connectivity index (χ0v) is 12.3. The number of hydrogen-bond acceptors (Lipinski definition) is 3. The van der Waals surface area contributed by atoms with Crippen molar-refractivity contribution in [3.05, 3.63) is 29.8 Å². The summed E-state index contributed by atoms with van der Waals surface area (Å²) in [6.45, 7) is 5.24. The van der Waals surface area contributed by atoms with Crippen molar-refractivity contribution in [2.24, 2.45) is 5.73 Å². The molecule has 1 amide bonds. The van der Waals surface area contributed by atoms with Crippen LogP contribution in [-0.2, 0) is 11.3 Å². The highest BCUT2D eigenvalue weighted by molar-refractivity contribution is 5.95. The quantitative estimate of drug-likeness (QED) is 0.838. The molecule has 4 heteroatoms. The minimum Gasteiger partial charge on any atom is -0.324 e. The SMILES string of the molecule is CCC[C@@H](N)C(=O)Nc1ccccc1CN1CCCC1. The average Bonchev–Trinajstić information content (AvgIpc) is 2.94. The summed E-state index contributed by atoms with van der Waals surface area (Å²) in [4.78, 5) is 14.5. The van der Waals surface area contributed by atoms with E-state index in [1.54, 1.807) is 0 Å². The fraction of sp³-hybridized carbons (Fsp3) is 0.562. The molecule has 0 radical (unpaired) electrons. The minimum absolute atomic E-state index is 0.0827. The third-order valence-electron chi connectivity index (χ3n) is 3.80. The van der Waals surface area contributed by atoms with Gasteiger partial charge in [0.15, 0.2) is 0 Å². The third kappa shape index (κ3) is 4.05. The average molecular weight is 275 g/mol. The lowest BCUT2D eigenvalue weighted by Gasteiger charge is -2.19. The molecule has 20 heavy (non-hydrogen) atoms. The number of benzene rings is 1. The Kier molecular flexibility index (Phi) is 5.56. The molecule has 1 saturated heterocycles. The van der Waals surface area contributed by atoms with Gasteiger partial charge in [-0.1, -0.05) is 31.5 Å². The molecule has 1 fully saturated rings. The number of hydrogen-bond donors (Lipinski definition) is 2. The van der Waals surface area contributed by atoms with E-state index in [1.165, 1.54) is 18.4 Å². The number of amides is 1. The number of nitrogens with two attached hydrogens (primary N) is 1. The number of likely N-dealkylation sites (tertiary alicyclic amines) is 1. The summed E-state index contributed by atoms with van der Waals surface area (Å²) in [5.41, 5.74) is 7.94. The van der Waals surface area contributed by atoms with Gasteiger partial charge in [-0.15, -0.1) is 0 Å². The molecule has 0 aliphatic carbocycles. The van der Waals surface area contributed by atoms with Crippen molar-refractivity contribution in [3.8, 4) is 0 Å². The van der Waals surface area contributed by atoms with E-state index >= 15 is 0 Å². The lowest BCUT2D eigenvalue weighted by atomic mass is 10.1. The highest BCUT2D eigenvalue weighted by atomic mass is 16.2. The second kappa shape index (κ2) is 7.41. The Labute approximate surface area is 121 Å². The second-order valence-corrected chi connectivity index (χ2v) is 5.52. The summed E-state index contributed by atoms with van der Waals surface area (Å²) in [5.74, 6) is -0.0827. The lowest BCUT2D eigenvalue weighted by molar-refractivity contribution is -0.117. The maximum Gasteiger partial charge on any atom is 0.241 e. The van der Waals surface area contributed by atoms with E-state index < -0.39 is 6.04 Å². The number of anilines is 1. The Morgan fingerprint density at radius 3 is 2.75 bits per heavy atom. The molecule has 3 N–H and O–H groups in total. The van der Waals surface area contributed by atoms with Gasteiger partial charge in [-0.2, -0.15) is 0 Å². The summed E-state index contributed by atoms with van der Waals surface area (Å²) < 4.78 is 0. The fourth-order valence-corrected chi connectivity index (χ4v) is 2.63. The molecule has 0 bridgehead atoms. The fourth-order valence-electron chi connectivity index (χ4n) is 2.63. The molecule has 1 atom stereocenters. The predicted molar refractivity (Wildman–Crippen MR) is 82.5 cm³/mol. The summed E-state index contributed by atoms with van der Waals surface area (Å²) in [7, 11) is 0. The maximum atomic E-state index is 12.0. The summed E-state index contributed by atoms with van der Waals surface area (Å²) in [6, 6.07) is 7.60. The van der Waals surface area contributed by atoms with E-state index in [4.69, 9.17) is 5.73 Å². The monoisotopic (exact) mass is 275 g/mol. The zero-order valence-electron chi connectivity index (χ0n) is 12.3. The normalized spacial score (nSPS) is 17.1. The van der Waals surface area contributed by atoms with Gasteiger partial charge in [-0.3, -0.25) is 9.69 Å². The molecule has 110 valence electrons. The maximum absolute atomic E-state index is 12.0. The van der Waals surface area contributed by atoms with E-state index in [-0.39, 0.29) is 5.91 Å². The Balaban J connectivity index is 2.01. The number of rotatable bonds is 6. The first-order valence-electron chi connectivity index (χ1n) is 7.57. The Hall–Kier alpha value is -1.39. The number of nitrogens with zero attached hydrogens (tertiary/aromatic N) is 1. The van der Waals surface area contributed by atoms with Crippen LogP contribution in [0.3, 0.4) is 0 Å². The molecule has 0 saturated carbocycles. The van der Waals surface area contributed by atoms with Crippen LogP contribution in [0.4, 0.5) is 5.69 Å². The van der Waals surface area contributed by atoms with Crippen molar-refractivity contribution in [1.29, 1.82) is 0 Å². The molecule has 1 aliphatic heterocycles. The molecule has 4 nitrogen and oxygen atoms in total. The summed E-state index contributed by atoms with van der Waals surface area (Å²) in [6.07, 6.45) is 4.19. The van der Waals surface area contributed by atoms with E-state index in [0.717, 1.165) is 38.2 Å². The van der Waals surface area contributed by atoms with Crippen LogP contribution < -0.4 is 11.1 Å². The van der Waals surface area contributed by atoms with E-state index in [0.29, 0.717) is 0 Å². The second-order valence-electron chi connectivity index (χ2n) is 5.52. The van der Waals surface area contributed by atoms with Crippen molar-refractivity contribution in [2.75, 3.05) is 18.4 Å². The van der Waals surface area contributed by atoms with Gasteiger partial charge in [0.25, 0.3) is 0 Å². The number of carbonyl (C=O) groups excluding carboxylic acids is 1. The summed E-state index contributed by atoms with van der Waals surface area (Å²) in [5, 5.41) is 2.98. The first-order chi connectivity index (χ1) is 9.70.